The highest BCUT2D eigenvalue weighted by Crippen LogP contribution is 2.24. The largest absolute Gasteiger partial charge is 0.328 e. The molecule has 3 N–H and O–H groups in total. The number of rotatable bonds is 3. The Bertz CT molecular complexity index is 167. The number of nitrogens with one attached hydrogen (secondary N) is 1. The Hall–Kier alpha value is 0.620. The first kappa shape index (κ1) is 11.1. The Morgan fingerprint density at radius 2 is 2.21 bits per heavy atom. The van der Waals surface area contributed by atoms with E-state index in [1.54, 1.807) is 0 Å². The predicted octanol–water partition coefficient (Wildman–Crippen LogP) is 1.30. The van der Waals surface area contributed by atoms with Gasteiger partial charge in [-0.1, -0.05) is 0 Å². The molecule has 0 bridgehead atoms. The van der Waals surface area contributed by atoms with Crippen LogP contribution in [0.3, 0.4) is 0 Å². The standard InChI is InChI=1S/C10H20N2S2/c11-8-1-2-9(5-8)12-6-10-7-13-3-4-14-10/h8-10,12H,1-7,11H2. The zero-order valence-electron chi connectivity index (χ0n) is 8.58. The molecule has 2 nitrogen and oxygen atoms in total. The van der Waals surface area contributed by atoms with Gasteiger partial charge in [-0.25, -0.2) is 0 Å². The van der Waals surface area contributed by atoms with Crippen LogP contribution in [0.4, 0.5) is 0 Å². The van der Waals surface area contributed by atoms with Gasteiger partial charge in [0, 0.05) is 41.1 Å². The second kappa shape index (κ2) is 5.64. The lowest BCUT2D eigenvalue weighted by molar-refractivity contribution is 0.520. The molecule has 2 aliphatic rings. The number of thioether (sulfide) groups is 2. The predicted molar refractivity (Wildman–Crippen MR) is 67.2 cm³/mol. The first-order chi connectivity index (χ1) is 6.84. The molecule has 1 saturated carbocycles. The Kier molecular flexibility index (Phi) is 4.47. The van der Waals surface area contributed by atoms with E-state index < -0.39 is 0 Å². The lowest BCUT2D eigenvalue weighted by atomic mass is 10.2. The van der Waals surface area contributed by atoms with Crippen molar-refractivity contribution in [3.63, 3.8) is 0 Å². The molecule has 3 unspecified atom stereocenters. The van der Waals surface area contributed by atoms with Gasteiger partial charge in [-0.05, 0) is 19.3 Å². The van der Waals surface area contributed by atoms with Gasteiger partial charge in [-0.3, -0.25) is 0 Å². The molecule has 14 heavy (non-hydrogen) atoms. The van der Waals surface area contributed by atoms with Crippen molar-refractivity contribution in [2.75, 3.05) is 23.8 Å². The molecule has 0 aromatic rings. The minimum Gasteiger partial charge on any atom is -0.328 e. The topological polar surface area (TPSA) is 38.0 Å². The van der Waals surface area contributed by atoms with Crippen molar-refractivity contribution >= 4 is 23.5 Å². The summed E-state index contributed by atoms with van der Waals surface area (Å²) < 4.78 is 0. The minimum atomic E-state index is 0.459. The summed E-state index contributed by atoms with van der Waals surface area (Å²) in [6.45, 7) is 1.19. The van der Waals surface area contributed by atoms with Gasteiger partial charge >= 0.3 is 0 Å². The number of nitrogens with two attached hydrogens (primary N) is 1. The van der Waals surface area contributed by atoms with Crippen molar-refractivity contribution in [1.82, 2.24) is 5.32 Å². The summed E-state index contributed by atoms with van der Waals surface area (Å²) in [4.78, 5) is 0. The van der Waals surface area contributed by atoms with E-state index in [2.05, 4.69) is 28.8 Å². The third-order valence-electron chi connectivity index (χ3n) is 2.99. The first-order valence-corrected chi connectivity index (χ1v) is 7.73. The van der Waals surface area contributed by atoms with Crippen LogP contribution in [0, 0.1) is 0 Å². The molecule has 0 aromatic carbocycles. The maximum atomic E-state index is 5.88. The van der Waals surface area contributed by atoms with Crippen LogP contribution >= 0.6 is 23.5 Å². The zero-order chi connectivity index (χ0) is 9.80. The van der Waals surface area contributed by atoms with Crippen molar-refractivity contribution in [3.8, 4) is 0 Å². The van der Waals surface area contributed by atoms with E-state index in [-0.39, 0.29) is 0 Å². The summed E-state index contributed by atoms with van der Waals surface area (Å²) in [5, 5.41) is 4.51. The summed E-state index contributed by atoms with van der Waals surface area (Å²) in [6.07, 6.45) is 3.68. The molecule has 1 heterocycles. The molecule has 1 aliphatic carbocycles. The van der Waals surface area contributed by atoms with Crippen LogP contribution in [0.25, 0.3) is 0 Å². The number of hydrogen-bond donors (Lipinski definition) is 2. The van der Waals surface area contributed by atoms with Crippen LogP contribution in [-0.4, -0.2) is 41.1 Å². The monoisotopic (exact) mass is 232 g/mol. The molecule has 2 fully saturated rings. The fourth-order valence-electron chi connectivity index (χ4n) is 2.15. The van der Waals surface area contributed by atoms with Crippen molar-refractivity contribution < 1.29 is 0 Å². The molecule has 1 aliphatic heterocycles. The summed E-state index contributed by atoms with van der Waals surface area (Å²) in [5.41, 5.74) is 5.88. The molecule has 0 spiro atoms. The van der Waals surface area contributed by atoms with Gasteiger partial charge in [-0.15, -0.1) is 0 Å². The summed E-state index contributed by atoms with van der Waals surface area (Å²) in [7, 11) is 0. The Balaban J connectivity index is 1.61. The Morgan fingerprint density at radius 1 is 1.29 bits per heavy atom. The Labute approximate surface area is 95.1 Å². The second-order valence-corrected chi connectivity index (χ2v) is 6.80. The minimum absolute atomic E-state index is 0.459. The lowest BCUT2D eigenvalue weighted by Crippen LogP contribution is -2.35. The lowest BCUT2D eigenvalue weighted by Gasteiger charge is -2.23. The zero-order valence-corrected chi connectivity index (χ0v) is 10.2. The quantitative estimate of drug-likeness (QED) is 0.769. The summed E-state index contributed by atoms with van der Waals surface area (Å²) in [6, 6.07) is 1.17. The second-order valence-electron chi connectivity index (χ2n) is 4.25. The van der Waals surface area contributed by atoms with Crippen molar-refractivity contribution in [2.45, 2.75) is 36.6 Å². The van der Waals surface area contributed by atoms with E-state index in [9.17, 15) is 0 Å². The van der Waals surface area contributed by atoms with E-state index >= 15 is 0 Å². The molecule has 4 heteroatoms. The molecule has 3 atom stereocenters. The van der Waals surface area contributed by atoms with Crippen LogP contribution in [0.5, 0.6) is 0 Å². The van der Waals surface area contributed by atoms with Crippen molar-refractivity contribution in [1.29, 1.82) is 0 Å². The highest BCUT2D eigenvalue weighted by molar-refractivity contribution is 8.06. The van der Waals surface area contributed by atoms with Gasteiger partial charge in [-0.2, -0.15) is 23.5 Å². The van der Waals surface area contributed by atoms with Gasteiger partial charge in [0.2, 0.25) is 0 Å². The van der Waals surface area contributed by atoms with Gasteiger partial charge in [0.15, 0.2) is 0 Å². The maximum Gasteiger partial charge on any atom is 0.0263 e. The van der Waals surface area contributed by atoms with E-state index in [0.717, 1.165) is 5.25 Å². The van der Waals surface area contributed by atoms with E-state index in [4.69, 9.17) is 5.73 Å². The van der Waals surface area contributed by atoms with Crippen molar-refractivity contribution in [2.24, 2.45) is 5.73 Å². The molecule has 0 radical (unpaired) electrons. The highest BCUT2D eigenvalue weighted by Gasteiger charge is 2.22. The molecule has 1 saturated heterocycles. The van der Waals surface area contributed by atoms with Crippen LogP contribution < -0.4 is 11.1 Å². The number of hydrogen-bond acceptors (Lipinski definition) is 4. The summed E-state index contributed by atoms with van der Waals surface area (Å²) >= 11 is 4.23. The maximum absolute atomic E-state index is 5.88. The SMILES string of the molecule is NC1CCC(NCC2CSCCS2)C1. The Morgan fingerprint density at radius 3 is 2.86 bits per heavy atom. The molecule has 82 valence electrons. The molecule has 0 aromatic heterocycles. The summed E-state index contributed by atoms with van der Waals surface area (Å²) in [5.74, 6) is 4.01. The normalized spacial score (nSPS) is 38.8. The van der Waals surface area contributed by atoms with E-state index in [1.807, 2.05) is 0 Å². The third-order valence-corrected chi connectivity index (χ3v) is 5.84. The molecular weight excluding hydrogens is 212 g/mol. The fourth-order valence-corrected chi connectivity index (χ4v) is 4.78. The average molecular weight is 232 g/mol. The van der Waals surface area contributed by atoms with Crippen molar-refractivity contribution in [3.05, 3.63) is 0 Å². The van der Waals surface area contributed by atoms with Gasteiger partial charge in [0.1, 0.15) is 0 Å². The van der Waals surface area contributed by atoms with Gasteiger partial charge < -0.3 is 11.1 Å². The van der Waals surface area contributed by atoms with Gasteiger partial charge in [0.05, 0.1) is 0 Å². The van der Waals surface area contributed by atoms with E-state index in [1.165, 1.54) is 43.1 Å². The van der Waals surface area contributed by atoms with Crippen LogP contribution in [-0.2, 0) is 0 Å². The first-order valence-electron chi connectivity index (χ1n) is 5.53. The van der Waals surface area contributed by atoms with E-state index in [0.29, 0.717) is 12.1 Å². The smallest absolute Gasteiger partial charge is 0.0263 e. The van der Waals surface area contributed by atoms with Crippen LogP contribution in [0.1, 0.15) is 19.3 Å². The average Bonchev–Trinajstić information content (AvgIpc) is 2.63. The van der Waals surface area contributed by atoms with Crippen LogP contribution in [0.15, 0.2) is 0 Å². The van der Waals surface area contributed by atoms with Gasteiger partial charge in [0.25, 0.3) is 0 Å². The fraction of sp³-hybridized carbons (Fsp3) is 1.00. The third kappa shape index (κ3) is 3.33. The molecule has 2 rings (SSSR count). The highest BCUT2D eigenvalue weighted by atomic mass is 32.2. The molecular formula is C10H20N2S2. The van der Waals surface area contributed by atoms with Crippen LogP contribution in [0.2, 0.25) is 0 Å². The molecule has 0 amide bonds.